The Bertz CT molecular complexity index is 989. The fourth-order valence-corrected chi connectivity index (χ4v) is 4.39. The average molecular weight is 421 g/mol. The number of ether oxygens (including phenoxy) is 2. The molecule has 0 saturated carbocycles. The number of hydrogen-bond donors (Lipinski definition) is 1. The highest BCUT2D eigenvalue weighted by molar-refractivity contribution is 7.92. The van der Waals surface area contributed by atoms with E-state index in [1.165, 1.54) is 18.5 Å². The molecule has 1 unspecified atom stereocenters. The van der Waals surface area contributed by atoms with E-state index in [4.69, 9.17) is 9.47 Å². The van der Waals surface area contributed by atoms with Crippen LogP contribution in [-0.4, -0.2) is 40.8 Å². The van der Waals surface area contributed by atoms with Gasteiger partial charge in [0.25, 0.3) is 0 Å². The number of nitrogens with one attached hydrogen (secondary N) is 1. The first kappa shape index (κ1) is 22.5. The molecule has 0 saturated heterocycles. The number of carbonyl (C=O) groups excluding carboxylic acids is 1. The van der Waals surface area contributed by atoms with Crippen molar-refractivity contribution in [2.24, 2.45) is 0 Å². The molecule has 158 valence electrons. The van der Waals surface area contributed by atoms with Crippen molar-refractivity contribution in [3.63, 3.8) is 0 Å². The molecular weight excluding hydrogens is 392 g/mol. The van der Waals surface area contributed by atoms with E-state index in [1.807, 2.05) is 26.0 Å². The summed E-state index contributed by atoms with van der Waals surface area (Å²) >= 11 is 0. The Balaban J connectivity index is 2.43. The Morgan fingerprint density at radius 1 is 1.07 bits per heavy atom. The predicted molar refractivity (Wildman–Crippen MR) is 115 cm³/mol. The first-order chi connectivity index (χ1) is 13.6. The Hall–Kier alpha value is -2.74. The van der Waals surface area contributed by atoms with Gasteiger partial charge in [-0.1, -0.05) is 19.1 Å². The van der Waals surface area contributed by atoms with Gasteiger partial charge in [0.15, 0.2) is 11.5 Å². The molecule has 0 aliphatic rings. The van der Waals surface area contributed by atoms with Gasteiger partial charge in [0.1, 0.15) is 6.04 Å². The fourth-order valence-electron chi connectivity index (χ4n) is 3.13. The molecule has 2 rings (SSSR count). The van der Waals surface area contributed by atoms with Gasteiger partial charge >= 0.3 is 0 Å². The summed E-state index contributed by atoms with van der Waals surface area (Å²) < 4.78 is 37.0. The standard InChI is InChI=1S/C21H28N2O5S/c1-7-17(21(24)22-16-10-11-19(27-4)20(13-16)28-5)23(29(6,25)26)18-12-14(2)8-9-15(18)3/h8-13,17H,7H2,1-6H3,(H,22,24). The first-order valence-electron chi connectivity index (χ1n) is 9.21. The second kappa shape index (κ2) is 9.17. The largest absolute Gasteiger partial charge is 0.493 e. The summed E-state index contributed by atoms with van der Waals surface area (Å²) in [6, 6.07) is 9.61. The number of amides is 1. The average Bonchev–Trinajstić information content (AvgIpc) is 2.66. The molecule has 0 fully saturated rings. The van der Waals surface area contributed by atoms with E-state index in [0.29, 0.717) is 29.3 Å². The molecule has 0 aliphatic heterocycles. The molecule has 0 radical (unpaired) electrons. The molecule has 2 aromatic carbocycles. The summed E-state index contributed by atoms with van der Waals surface area (Å²) in [5, 5.41) is 2.79. The number of nitrogens with zero attached hydrogens (tertiary/aromatic N) is 1. The zero-order valence-electron chi connectivity index (χ0n) is 17.6. The van der Waals surface area contributed by atoms with Crippen LogP contribution in [0.5, 0.6) is 11.5 Å². The molecule has 0 aromatic heterocycles. The lowest BCUT2D eigenvalue weighted by Gasteiger charge is -2.31. The van der Waals surface area contributed by atoms with E-state index >= 15 is 0 Å². The van der Waals surface area contributed by atoms with Crippen LogP contribution >= 0.6 is 0 Å². The molecular formula is C21H28N2O5S. The first-order valence-corrected chi connectivity index (χ1v) is 11.1. The van der Waals surface area contributed by atoms with Crippen molar-refractivity contribution < 1.29 is 22.7 Å². The van der Waals surface area contributed by atoms with Gasteiger partial charge in [-0.2, -0.15) is 0 Å². The maximum atomic E-state index is 13.1. The van der Waals surface area contributed by atoms with Gasteiger partial charge in [0, 0.05) is 11.8 Å². The van der Waals surface area contributed by atoms with Crippen molar-refractivity contribution in [2.45, 2.75) is 33.2 Å². The van der Waals surface area contributed by atoms with Gasteiger partial charge < -0.3 is 14.8 Å². The summed E-state index contributed by atoms with van der Waals surface area (Å²) in [4.78, 5) is 13.1. The van der Waals surface area contributed by atoms with Crippen molar-refractivity contribution >= 4 is 27.3 Å². The van der Waals surface area contributed by atoms with Crippen LogP contribution in [0.3, 0.4) is 0 Å². The lowest BCUT2D eigenvalue weighted by atomic mass is 10.1. The van der Waals surface area contributed by atoms with E-state index in [1.54, 1.807) is 31.2 Å². The number of benzene rings is 2. The van der Waals surface area contributed by atoms with Gasteiger partial charge in [0.05, 0.1) is 26.2 Å². The Morgan fingerprint density at radius 3 is 2.28 bits per heavy atom. The summed E-state index contributed by atoms with van der Waals surface area (Å²) in [6.45, 7) is 5.49. The van der Waals surface area contributed by atoms with E-state index in [9.17, 15) is 13.2 Å². The minimum Gasteiger partial charge on any atom is -0.493 e. The summed E-state index contributed by atoms with van der Waals surface area (Å²) in [6.07, 6.45) is 1.42. The van der Waals surface area contributed by atoms with Gasteiger partial charge in [-0.05, 0) is 49.6 Å². The monoisotopic (exact) mass is 420 g/mol. The maximum absolute atomic E-state index is 13.1. The highest BCUT2D eigenvalue weighted by Crippen LogP contribution is 2.31. The molecule has 1 amide bonds. The molecule has 2 aromatic rings. The Kier molecular flexibility index (Phi) is 7.13. The van der Waals surface area contributed by atoms with Crippen LogP contribution < -0.4 is 19.1 Å². The molecule has 8 heteroatoms. The molecule has 0 bridgehead atoms. The zero-order chi connectivity index (χ0) is 21.8. The lowest BCUT2D eigenvalue weighted by molar-refractivity contribution is -0.117. The number of aryl methyl sites for hydroxylation is 2. The van der Waals surface area contributed by atoms with Crippen molar-refractivity contribution in [1.29, 1.82) is 0 Å². The lowest BCUT2D eigenvalue weighted by Crippen LogP contribution is -2.47. The zero-order valence-corrected chi connectivity index (χ0v) is 18.5. The van der Waals surface area contributed by atoms with E-state index in [0.717, 1.165) is 17.4 Å². The SMILES string of the molecule is CCC(C(=O)Nc1ccc(OC)c(OC)c1)N(c1cc(C)ccc1C)S(C)(=O)=O. The molecule has 1 N–H and O–H groups in total. The summed E-state index contributed by atoms with van der Waals surface area (Å²) in [5.41, 5.74) is 2.68. The molecule has 7 nitrogen and oxygen atoms in total. The van der Waals surface area contributed by atoms with Crippen LogP contribution in [0, 0.1) is 13.8 Å². The van der Waals surface area contributed by atoms with Crippen LogP contribution in [0.25, 0.3) is 0 Å². The number of rotatable bonds is 8. The highest BCUT2D eigenvalue weighted by atomic mass is 32.2. The van der Waals surface area contributed by atoms with Crippen LogP contribution in [0.1, 0.15) is 24.5 Å². The summed E-state index contributed by atoms with van der Waals surface area (Å²) in [5.74, 6) is 0.574. The van der Waals surface area contributed by atoms with E-state index in [-0.39, 0.29) is 0 Å². The van der Waals surface area contributed by atoms with Crippen LogP contribution in [-0.2, 0) is 14.8 Å². The van der Waals surface area contributed by atoms with Crippen LogP contribution in [0.2, 0.25) is 0 Å². The minimum atomic E-state index is -3.70. The topological polar surface area (TPSA) is 84.9 Å². The van der Waals surface area contributed by atoms with Gasteiger partial charge in [-0.15, -0.1) is 0 Å². The minimum absolute atomic E-state index is 0.305. The summed E-state index contributed by atoms with van der Waals surface area (Å²) in [7, 11) is -0.672. The second-order valence-corrected chi connectivity index (χ2v) is 8.69. The maximum Gasteiger partial charge on any atom is 0.248 e. The molecule has 1 atom stereocenters. The molecule has 0 heterocycles. The van der Waals surface area contributed by atoms with Crippen molar-refractivity contribution in [3.8, 4) is 11.5 Å². The Labute approximate surface area is 172 Å². The van der Waals surface area contributed by atoms with Gasteiger partial charge in [-0.25, -0.2) is 8.42 Å². The molecule has 0 spiro atoms. The number of carbonyl (C=O) groups is 1. The smallest absolute Gasteiger partial charge is 0.248 e. The number of anilines is 2. The third-order valence-electron chi connectivity index (χ3n) is 4.58. The van der Waals surface area contributed by atoms with Crippen molar-refractivity contribution in [3.05, 3.63) is 47.5 Å². The normalized spacial score (nSPS) is 12.2. The van der Waals surface area contributed by atoms with Gasteiger partial charge in [0.2, 0.25) is 15.9 Å². The predicted octanol–water partition coefficient (Wildman–Crippen LogP) is 3.50. The van der Waals surface area contributed by atoms with Crippen LogP contribution in [0.15, 0.2) is 36.4 Å². The third kappa shape index (κ3) is 5.20. The van der Waals surface area contributed by atoms with E-state index < -0.39 is 22.0 Å². The molecule has 29 heavy (non-hydrogen) atoms. The Morgan fingerprint density at radius 2 is 1.72 bits per heavy atom. The number of methoxy groups -OCH3 is 2. The highest BCUT2D eigenvalue weighted by Gasteiger charge is 2.32. The number of sulfonamides is 1. The van der Waals surface area contributed by atoms with Crippen molar-refractivity contribution in [2.75, 3.05) is 30.1 Å². The quantitative estimate of drug-likeness (QED) is 0.706. The fraction of sp³-hybridized carbons (Fsp3) is 0.381. The third-order valence-corrected chi connectivity index (χ3v) is 5.75. The number of hydrogen-bond acceptors (Lipinski definition) is 5. The molecule has 0 aliphatic carbocycles. The van der Waals surface area contributed by atoms with E-state index in [2.05, 4.69) is 5.32 Å². The van der Waals surface area contributed by atoms with Crippen molar-refractivity contribution in [1.82, 2.24) is 0 Å². The second-order valence-electron chi connectivity index (χ2n) is 6.83. The van der Waals surface area contributed by atoms with Crippen LogP contribution in [0.4, 0.5) is 11.4 Å². The van der Waals surface area contributed by atoms with Gasteiger partial charge in [-0.3, -0.25) is 9.10 Å².